The maximum absolute atomic E-state index is 12.2. The van der Waals surface area contributed by atoms with Crippen molar-refractivity contribution in [3.8, 4) is 6.07 Å². The Bertz CT molecular complexity index is 705. The summed E-state index contributed by atoms with van der Waals surface area (Å²) in [6.45, 7) is 2.30. The van der Waals surface area contributed by atoms with Gasteiger partial charge < -0.3 is 5.73 Å². The van der Waals surface area contributed by atoms with E-state index < -0.39 is 15.9 Å². The van der Waals surface area contributed by atoms with Gasteiger partial charge in [0.25, 0.3) is 0 Å². The zero-order valence-electron chi connectivity index (χ0n) is 12.1. The van der Waals surface area contributed by atoms with E-state index in [0.29, 0.717) is 6.54 Å². The van der Waals surface area contributed by atoms with Crippen molar-refractivity contribution in [1.29, 1.82) is 10.7 Å². The summed E-state index contributed by atoms with van der Waals surface area (Å²) in [6.07, 6.45) is 1.60. The zero-order valence-corrected chi connectivity index (χ0v) is 12.9. The second-order valence-electron chi connectivity index (χ2n) is 4.35. The molecule has 0 spiro atoms. The average Bonchev–Trinajstić information content (AvgIpc) is 2.48. The number of para-hydroxylation sites is 1. The van der Waals surface area contributed by atoms with Crippen molar-refractivity contribution in [2.75, 3.05) is 12.0 Å². The molecule has 0 saturated heterocycles. The molecule has 1 rings (SSSR count). The first-order valence-corrected chi connectivity index (χ1v) is 8.07. The minimum atomic E-state index is -3.69. The summed E-state index contributed by atoms with van der Waals surface area (Å²) < 4.78 is 27.0. The number of anilines is 1. The van der Waals surface area contributed by atoms with Crippen molar-refractivity contribution in [3.63, 3.8) is 0 Å². The number of nitrogens with two attached hydrogens (primary N) is 1. The second kappa shape index (κ2) is 8.11. The molecule has 8 nitrogen and oxygen atoms in total. The smallest absolute Gasteiger partial charge is 0.242 e. The zero-order chi connectivity index (χ0) is 16.6. The Balaban J connectivity index is 3.05. The number of unbranched alkanes of at least 4 members (excludes halogenated alkanes) is 1. The van der Waals surface area contributed by atoms with Gasteiger partial charge in [-0.3, -0.25) is 10.8 Å². The van der Waals surface area contributed by atoms with E-state index in [0.717, 1.165) is 12.8 Å². The van der Waals surface area contributed by atoms with Crippen molar-refractivity contribution in [2.24, 2.45) is 10.8 Å². The SMILES string of the molecule is CCCCNS(=O)(=O)c1ccccc1N/N=C(\C#N)C(=N)N. The quantitative estimate of drug-likeness (QED) is 0.244. The Morgan fingerprint density at radius 2 is 2.14 bits per heavy atom. The van der Waals surface area contributed by atoms with Gasteiger partial charge in [-0.25, -0.2) is 13.1 Å². The van der Waals surface area contributed by atoms with Crippen molar-refractivity contribution in [2.45, 2.75) is 24.7 Å². The molecule has 9 heteroatoms. The second-order valence-corrected chi connectivity index (χ2v) is 6.08. The minimum absolute atomic E-state index is 0.00990. The lowest BCUT2D eigenvalue weighted by Crippen LogP contribution is -2.26. The van der Waals surface area contributed by atoms with Crippen molar-refractivity contribution >= 4 is 27.3 Å². The van der Waals surface area contributed by atoms with Crippen LogP contribution in [-0.4, -0.2) is 26.5 Å². The van der Waals surface area contributed by atoms with E-state index in [1.54, 1.807) is 18.2 Å². The normalized spacial score (nSPS) is 11.7. The molecule has 22 heavy (non-hydrogen) atoms. The lowest BCUT2D eigenvalue weighted by Gasteiger charge is -2.10. The molecule has 0 bridgehead atoms. The van der Waals surface area contributed by atoms with Crippen LogP contribution >= 0.6 is 0 Å². The van der Waals surface area contributed by atoms with Crippen LogP contribution in [0.2, 0.25) is 0 Å². The highest BCUT2D eigenvalue weighted by atomic mass is 32.2. The van der Waals surface area contributed by atoms with Gasteiger partial charge in [-0.15, -0.1) is 0 Å². The number of hydrogen-bond donors (Lipinski definition) is 4. The van der Waals surface area contributed by atoms with Gasteiger partial charge in [0.05, 0.1) is 5.69 Å². The lowest BCUT2D eigenvalue weighted by molar-refractivity contribution is 0.578. The fourth-order valence-electron chi connectivity index (χ4n) is 1.52. The molecule has 0 aromatic heterocycles. The molecule has 5 N–H and O–H groups in total. The molecule has 1 aromatic rings. The van der Waals surface area contributed by atoms with Crippen LogP contribution in [0.5, 0.6) is 0 Å². The van der Waals surface area contributed by atoms with Gasteiger partial charge in [-0.2, -0.15) is 10.4 Å². The van der Waals surface area contributed by atoms with Crippen LogP contribution in [0.15, 0.2) is 34.3 Å². The number of hydrazone groups is 1. The van der Waals surface area contributed by atoms with E-state index in [1.165, 1.54) is 12.1 Å². The highest BCUT2D eigenvalue weighted by Crippen LogP contribution is 2.20. The van der Waals surface area contributed by atoms with E-state index in [-0.39, 0.29) is 16.3 Å². The molecular weight excluding hydrogens is 304 g/mol. The first-order chi connectivity index (χ1) is 10.4. The van der Waals surface area contributed by atoms with Crippen molar-refractivity contribution in [1.82, 2.24) is 4.72 Å². The fraction of sp³-hybridized carbons (Fsp3) is 0.308. The fourth-order valence-corrected chi connectivity index (χ4v) is 2.75. The van der Waals surface area contributed by atoms with Crippen LogP contribution in [0.4, 0.5) is 5.69 Å². The van der Waals surface area contributed by atoms with Gasteiger partial charge in [-0.05, 0) is 18.6 Å². The Kier molecular flexibility index (Phi) is 6.49. The van der Waals surface area contributed by atoms with Crippen LogP contribution in [0, 0.1) is 16.7 Å². The molecule has 0 unspecified atom stereocenters. The monoisotopic (exact) mass is 322 g/mol. The summed E-state index contributed by atoms with van der Waals surface area (Å²) in [4.78, 5) is 0.00990. The first kappa shape index (κ1) is 17.6. The third-order valence-electron chi connectivity index (χ3n) is 2.65. The van der Waals surface area contributed by atoms with Gasteiger partial charge in [0.15, 0.2) is 5.84 Å². The van der Waals surface area contributed by atoms with Gasteiger partial charge in [-0.1, -0.05) is 25.5 Å². The van der Waals surface area contributed by atoms with Gasteiger partial charge in [0.1, 0.15) is 11.0 Å². The predicted octanol–water partition coefficient (Wildman–Crippen LogP) is 0.992. The van der Waals surface area contributed by atoms with Crippen LogP contribution in [0.25, 0.3) is 0 Å². The highest BCUT2D eigenvalue weighted by Gasteiger charge is 2.17. The molecular formula is C13H18N6O2S. The van der Waals surface area contributed by atoms with Crippen LogP contribution in [-0.2, 0) is 10.0 Å². The predicted molar refractivity (Wildman–Crippen MR) is 85.1 cm³/mol. The summed E-state index contributed by atoms with van der Waals surface area (Å²) in [6, 6.07) is 7.78. The molecule has 0 heterocycles. The Morgan fingerprint density at radius 3 is 2.73 bits per heavy atom. The Hall–Kier alpha value is -2.44. The average molecular weight is 322 g/mol. The Morgan fingerprint density at radius 1 is 1.45 bits per heavy atom. The number of amidine groups is 1. The summed E-state index contributed by atoms with van der Waals surface area (Å²) in [5.74, 6) is -0.503. The highest BCUT2D eigenvalue weighted by molar-refractivity contribution is 7.89. The number of rotatable bonds is 8. The molecule has 0 radical (unpaired) electrons. The van der Waals surface area contributed by atoms with Crippen LogP contribution in [0.1, 0.15) is 19.8 Å². The van der Waals surface area contributed by atoms with E-state index in [1.807, 2.05) is 6.92 Å². The third-order valence-corrected chi connectivity index (χ3v) is 4.17. The number of benzene rings is 1. The van der Waals surface area contributed by atoms with Crippen LogP contribution in [0.3, 0.4) is 0 Å². The lowest BCUT2D eigenvalue weighted by atomic mass is 10.3. The molecule has 0 aliphatic heterocycles. The van der Waals surface area contributed by atoms with Gasteiger partial charge >= 0.3 is 0 Å². The molecule has 0 saturated carbocycles. The minimum Gasteiger partial charge on any atom is -0.382 e. The van der Waals surface area contributed by atoms with Gasteiger partial charge in [0, 0.05) is 6.54 Å². The number of nitrogens with zero attached hydrogens (tertiary/aromatic N) is 2. The molecule has 1 aromatic carbocycles. The first-order valence-electron chi connectivity index (χ1n) is 6.59. The summed E-state index contributed by atoms with van der Waals surface area (Å²) >= 11 is 0. The van der Waals surface area contributed by atoms with Crippen LogP contribution < -0.4 is 15.9 Å². The molecule has 118 valence electrons. The van der Waals surface area contributed by atoms with E-state index in [9.17, 15) is 8.42 Å². The maximum Gasteiger partial charge on any atom is 0.242 e. The largest absolute Gasteiger partial charge is 0.382 e. The molecule has 0 amide bonds. The molecule has 0 atom stereocenters. The molecule has 0 aliphatic rings. The molecule has 0 fully saturated rings. The van der Waals surface area contributed by atoms with Gasteiger partial charge in [0.2, 0.25) is 15.7 Å². The number of nitriles is 1. The topological polar surface area (TPSA) is 144 Å². The summed E-state index contributed by atoms with van der Waals surface area (Å²) in [7, 11) is -3.69. The Labute approximate surface area is 129 Å². The number of sulfonamides is 1. The maximum atomic E-state index is 12.2. The van der Waals surface area contributed by atoms with E-state index in [4.69, 9.17) is 16.4 Å². The number of hydrogen-bond acceptors (Lipinski definition) is 6. The summed E-state index contributed by atoms with van der Waals surface area (Å²) in [5.41, 5.74) is 7.51. The molecule has 0 aliphatic carbocycles. The van der Waals surface area contributed by atoms with Crippen molar-refractivity contribution < 1.29 is 8.42 Å². The number of nitrogens with one attached hydrogen (secondary N) is 3. The van der Waals surface area contributed by atoms with Crippen molar-refractivity contribution in [3.05, 3.63) is 24.3 Å². The standard InChI is InChI=1S/C13H18N6O2S/c1-2-3-8-17-22(20,21)12-7-5-4-6-10(12)18-19-11(9-14)13(15)16/h4-7,17-18H,2-3,8H2,1H3,(H3,15,16)/b19-11+. The van der Waals surface area contributed by atoms with E-state index >= 15 is 0 Å². The third kappa shape index (κ3) is 4.83. The summed E-state index contributed by atoms with van der Waals surface area (Å²) in [5, 5.41) is 19.6. The van der Waals surface area contributed by atoms with E-state index in [2.05, 4.69) is 15.2 Å².